The number of ether oxygens (including phenoxy) is 1. The molecule has 2 rings (SSSR count). The fourth-order valence-corrected chi connectivity index (χ4v) is 4.16. The molecular weight excluding hydrogens is 367 g/mol. The molecule has 2 N–H and O–H groups in total. The highest BCUT2D eigenvalue weighted by Crippen LogP contribution is 2.53. The zero-order valence-corrected chi connectivity index (χ0v) is 13.0. The van der Waals surface area contributed by atoms with Gasteiger partial charge in [-0.3, -0.25) is 9.35 Å². The Morgan fingerprint density at radius 2 is 1.75 bits per heavy atom. The second kappa shape index (κ2) is 5.77. The Morgan fingerprint density at radius 1 is 1.21 bits per heavy atom. The van der Waals surface area contributed by atoms with Crippen LogP contribution in [-0.4, -0.2) is 47.7 Å². The van der Waals surface area contributed by atoms with E-state index in [1.165, 1.54) is 6.92 Å². The van der Waals surface area contributed by atoms with Crippen molar-refractivity contribution in [1.82, 2.24) is 0 Å². The monoisotopic (exact) mass is 382 g/mol. The van der Waals surface area contributed by atoms with E-state index in [1.54, 1.807) is 0 Å². The molecule has 0 aliphatic heterocycles. The van der Waals surface area contributed by atoms with Gasteiger partial charge in [0, 0.05) is 0 Å². The van der Waals surface area contributed by atoms with Crippen LogP contribution in [-0.2, 0) is 19.6 Å². The standard InChI is InChI=1S/C12H15F5O6S/c1-4-6-2-5(3-7(6)18)8(4)9(19)23-10(11(13,14)15)12(16,17)24(20,21)22/h4-8,10,18H,2-3H2,1H3,(H,20,21,22). The Hall–Kier alpha value is -1.01. The number of carbonyl (C=O) groups is 1. The van der Waals surface area contributed by atoms with Gasteiger partial charge in [-0.2, -0.15) is 30.4 Å². The summed E-state index contributed by atoms with van der Waals surface area (Å²) in [7, 11) is -6.46. The van der Waals surface area contributed by atoms with Crippen LogP contribution in [0.15, 0.2) is 0 Å². The van der Waals surface area contributed by atoms with Crippen LogP contribution in [0.1, 0.15) is 19.8 Å². The molecule has 12 heteroatoms. The van der Waals surface area contributed by atoms with Crippen LogP contribution in [0.3, 0.4) is 0 Å². The number of rotatable bonds is 4. The smallest absolute Gasteiger partial charge is 0.432 e. The minimum Gasteiger partial charge on any atom is -0.444 e. The Bertz CT molecular complexity index is 616. The first-order chi connectivity index (χ1) is 10.7. The third kappa shape index (κ3) is 3.10. The van der Waals surface area contributed by atoms with E-state index in [-0.39, 0.29) is 12.3 Å². The molecule has 2 saturated carbocycles. The molecule has 2 bridgehead atoms. The summed E-state index contributed by atoms with van der Waals surface area (Å²) < 4.78 is 98.4. The van der Waals surface area contributed by atoms with Crippen molar-refractivity contribution in [2.45, 2.75) is 43.4 Å². The lowest BCUT2D eigenvalue weighted by Gasteiger charge is -2.32. The number of alkyl halides is 5. The second-order valence-electron chi connectivity index (χ2n) is 6.24. The average molecular weight is 382 g/mol. The van der Waals surface area contributed by atoms with Crippen molar-refractivity contribution >= 4 is 16.1 Å². The molecule has 2 fully saturated rings. The van der Waals surface area contributed by atoms with Crippen molar-refractivity contribution in [1.29, 1.82) is 0 Å². The van der Waals surface area contributed by atoms with Crippen molar-refractivity contribution in [2.24, 2.45) is 23.7 Å². The molecule has 0 aromatic heterocycles. The van der Waals surface area contributed by atoms with Crippen LogP contribution in [0.5, 0.6) is 0 Å². The topological polar surface area (TPSA) is 101 Å². The summed E-state index contributed by atoms with van der Waals surface area (Å²) in [6, 6.07) is 0. The Balaban J connectivity index is 2.24. The molecule has 6 atom stereocenters. The highest BCUT2D eigenvalue weighted by molar-refractivity contribution is 7.86. The first-order valence-corrected chi connectivity index (χ1v) is 8.42. The molecule has 0 heterocycles. The lowest BCUT2D eigenvalue weighted by molar-refractivity contribution is -0.261. The molecule has 0 radical (unpaired) electrons. The molecule has 6 nitrogen and oxygen atoms in total. The van der Waals surface area contributed by atoms with E-state index in [1.807, 2.05) is 0 Å². The largest absolute Gasteiger partial charge is 0.444 e. The average Bonchev–Trinajstić information content (AvgIpc) is 2.88. The lowest BCUT2D eigenvalue weighted by Crippen LogP contribution is -2.53. The van der Waals surface area contributed by atoms with Gasteiger partial charge in [0.1, 0.15) is 0 Å². The minimum absolute atomic E-state index is 0.125. The van der Waals surface area contributed by atoms with E-state index in [4.69, 9.17) is 4.55 Å². The summed E-state index contributed by atoms with van der Waals surface area (Å²) >= 11 is 0. The molecule has 0 spiro atoms. The van der Waals surface area contributed by atoms with Crippen LogP contribution in [0.2, 0.25) is 0 Å². The Kier molecular flexibility index (Phi) is 4.64. The molecule has 0 aromatic rings. The molecule has 0 saturated heterocycles. The van der Waals surface area contributed by atoms with E-state index in [0.29, 0.717) is 6.42 Å². The summed E-state index contributed by atoms with van der Waals surface area (Å²) in [6.07, 6.45) is -10.5. The molecule has 6 unspecified atom stereocenters. The van der Waals surface area contributed by atoms with Crippen molar-refractivity contribution in [3.63, 3.8) is 0 Å². The van der Waals surface area contributed by atoms with Crippen LogP contribution < -0.4 is 0 Å². The van der Waals surface area contributed by atoms with Crippen molar-refractivity contribution in [3.05, 3.63) is 0 Å². The van der Waals surface area contributed by atoms with Gasteiger partial charge in [-0.1, -0.05) is 6.92 Å². The van der Waals surface area contributed by atoms with Crippen LogP contribution in [0, 0.1) is 23.7 Å². The van der Waals surface area contributed by atoms with Crippen LogP contribution in [0.25, 0.3) is 0 Å². The summed E-state index contributed by atoms with van der Waals surface area (Å²) in [4.78, 5) is 12.0. The van der Waals surface area contributed by atoms with Gasteiger partial charge in [0.05, 0.1) is 12.0 Å². The molecule has 24 heavy (non-hydrogen) atoms. The van der Waals surface area contributed by atoms with Gasteiger partial charge in [-0.05, 0) is 30.6 Å². The number of halogens is 5. The predicted molar refractivity (Wildman–Crippen MR) is 67.3 cm³/mol. The van der Waals surface area contributed by atoms with E-state index in [9.17, 15) is 40.3 Å². The van der Waals surface area contributed by atoms with Crippen molar-refractivity contribution in [3.8, 4) is 0 Å². The van der Waals surface area contributed by atoms with Gasteiger partial charge in [-0.25, -0.2) is 0 Å². The highest BCUT2D eigenvalue weighted by atomic mass is 32.2. The highest BCUT2D eigenvalue weighted by Gasteiger charge is 2.67. The van der Waals surface area contributed by atoms with E-state index in [0.717, 1.165) is 0 Å². The molecule has 2 aliphatic rings. The first kappa shape index (κ1) is 19.3. The Labute approximate surface area is 133 Å². The molecule has 0 amide bonds. The van der Waals surface area contributed by atoms with Gasteiger partial charge in [0.2, 0.25) is 0 Å². The van der Waals surface area contributed by atoms with E-state index >= 15 is 0 Å². The number of aliphatic hydroxyl groups is 1. The number of esters is 1. The summed E-state index contributed by atoms with van der Waals surface area (Å²) in [5.41, 5.74) is 0. The predicted octanol–water partition coefficient (Wildman–Crippen LogP) is 1.59. The fourth-order valence-electron chi connectivity index (χ4n) is 3.70. The second-order valence-corrected chi connectivity index (χ2v) is 7.74. The molecule has 0 aromatic carbocycles. The number of aliphatic hydroxyl groups excluding tert-OH is 1. The number of fused-ring (bicyclic) bond motifs is 2. The van der Waals surface area contributed by atoms with Gasteiger partial charge in [0.15, 0.2) is 0 Å². The van der Waals surface area contributed by atoms with Gasteiger partial charge < -0.3 is 9.84 Å². The zero-order chi connectivity index (χ0) is 18.7. The summed E-state index contributed by atoms with van der Waals surface area (Å²) in [5.74, 6) is -4.26. The molecule has 140 valence electrons. The van der Waals surface area contributed by atoms with Crippen molar-refractivity contribution in [2.75, 3.05) is 0 Å². The van der Waals surface area contributed by atoms with E-state index < -0.39 is 57.5 Å². The third-order valence-corrected chi connectivity index (χ3v) is 5.72. The Morgan fingerprint density at radius 3 is 2.12 bits per heavy atom. The quantitative estimate of drug-likeness (QED) is 0.435. The maximum atomic E-state index is 13.4. The first-order valence-electron chi connectivity index (χ1n) is 6.98. The van der Waals surface area contributed by atoms with Crippen molar-refractivity contribution < 1.29 is 49.6 Å². The molecular formula is C12H15F5O6S. The van der Waals surface area contributed by atoms with Gasteiger partial charge >= 0.3 is 27.5 Å². The summed E-state index contributed by atoms with van der Waals surface area (Å²) in [5, 5.41) is 3.94. The third-order valence-electron chi connectivity index (χ3n) is 4.82. The summed E-state index contributed by atoms with van der Waals surface area (Å²) in [6.45, 7) is 1.47. The number of carbonyl (C=O) groups excluding carboxylic acids is 1. The molecule has 2 aliphatic carbocycles. The van der Waals surface area contributed by atoms with Gasteiger partial charge in [0.25, 0.3) is 6.10 Å². The normalized spacial score (nSPS) is 35.1. The van der Waals surface area contributed by atoms with E-state index in [2.05, 4.69) is 4.74 Å². The van der Waals surface area contributed by atoms with Crippen LogP contribution >= 0.6 is 0 Å². The van der Waals surface area contributed by atoms with Gasteiger partial charge in [-0.15, -0.1) is 0 Å². The SMILES string of the molecule is CC1C2CC(CC2O)C1C(=O)OC(C(F)(F)F)C(F)(F)S(=O)(=O)O. The zero-order valence-electron chi connectivity index (χ0n) is 12.2. The number of hydrogen-bond donors (Lipinski definition) is 2. The maximum Gasteiger partial charge on any atom is 0.432 e. The lowest BCUT2D eigenvalue weighted by atomic mass is 9.79. The fraction of sp³-hybridized carbons (Fsp3) is 0.917. The number of hydrogen-bond acceptors (Lipinski definition) is 5. The minimum atomic E-state index is -6.46. The van der Waals surface area contributed by atoms with Crippen LogP contribution in [0.4, 0.5) is 22.0 Å². The maximum absolute atomic E-state index is 13.4.